The molecule has 0 radical (unpaired) electrons. The number of amides is 1. The minimum absolute atomic E-state index is 0.00285. The fourth-order valence-electron chi connectivity index (χ4n) is 5.41. The molecule has 0 atom stereocenters. The van der Waals surface area contributed by atoms with Crippen LogP contribution < -0.4 is 14.8 Å². The molecule has 1 amide bonds. The SMILES string of the molecule is COC(=O)CCNC(=O)c1cnc(NS(=O)(=O)c2ccc(Oc3ccc(CCCCC(C)(C)CC(C)(C)C(=O)OC(C)(C)C)cc3)cc2)nc1. The molecule has 13 heteroatoms. The van der Waals surface area contributed by atoms with Crippen LogP contribution in [0.2, 0.25) is 0 Å². The molecule has 272 valence electrons. The van der Waals surface area contributed by atoms with E-state index in [4.69, 9.17) is 9.47 Å². The Labute approximate surface area is 295 Å². The van der Waals surface area contributed by atoms with Gasteiger partial charge in [-0.3, -0.25) is 14.4 Å². The summed E-state index contributed by atoms with van der Waals surface area (Å²) in [5.41, 5.74) is 0.225. The van der Waals surface area contributed by atoms with E-state index in [0.29, 0.717) is 11.5 Å². The minimum Gasteiger partial charge on any atom is -0.469 e. The van der Waals surface area contributed by atoms with Gasteiger partial charge in [0.15, 0.2) is 0 Å². The van der Waals surface area contributed by atoms with Crippen LogP contribution in [-0.2, 0) is 35.5 Å². The third-order valence-corrected chi connectivity index (χ3v) is 9.06. The van der Waals surface area contributed by atoms with Crippen LogP contribution in [0.15, 0.2) is 65.8 Å². The number of sulfonamides is 1. The van der Waals surface area contributed by atoms with Gasteiger partial charge in [-0.1, -0.05) is 32.4 Å². The second kappa shape index (κ2) is 16.9. The number of rotatable bonds is 17. The number of aryl methyl sites for hydroxylation is 1. The molecule has 2 aromatic carbocycles. The quantitative estimate of drug-likeness (QED) is 0.112. The van der Waals surface area contributed by atoms with E-state index >= 15 is 0 Å². The normalized spacial score (nSPS) is 12.2. The van der Waals surface area contributed by atoms with Crippen molar-refractivity contribution in [2.75, 3.05) is 18.4 Å². The molecule has 0 aliphatic heterocycles. The van der Waals surface area contributed by atoms with Gasteiger partial charge in [-0.15, -0.1) is 0 Å². The third-order valence-electron chi connectivity index (χ3n) is 7.72. The van der Waals surface area contributed by atoms with Crippen molar-refractivity contribution in [2.24, 2.45) is 10.8 Å². The van der Waals surface area contributed by atoms with Gasteiger partial charge >= 0.3 is 11.9 Å². The van der Waals surface area contributed by atoms with Crippen molar-refractivity contribution in [1.82, 2.24) is 15.3 Å². The number of carbonyl (C=O) groups is 3. The number of benzene rings is 2. The first-order valence-corrected chi connectivity index (χ1v) is 18.1. The third kappa shape index (κ3) is 13.1. The second-order valence-corrected chi connectivity index (χ2v) is 16.3. The van der Waals surface area contributed by atoms with Gasteiger partial charge in [-0.2, -0.15) is 0 Å². The molecule has 0 saturated heterocycles. The molecule has 12 nitrogen and oxygen atoms in total. The molecule has 0 aliphatic carbocycles. The Hall–Kier alpha value is -4.52. The summed E-state index contributed by atoms with van der Waals surface area (Å²) < 4.78 is 44.1. The minimum atomic E-state index is -4.01. The maximum atomic E-state index is 12.9. The Balaban J connectivity index is 1.46. The van der Waals surface area contributed by atoms with Crippen LogP contribution in [0.1, 0.15) is 96.5 Å². The van der Waals surface area contributed by atoms with Gasteiger partial charge < -0.3 is 19.5 Å². The Morgan fingerprint density at radius 3 is 1.96 bits per heavy atom. The lowest BCUT2D eigenvalue weighted by atomic mass is 9.72. The first kappa shape index (κ1) is 39.9. The van der Waals surface area contributed by atoms with E-state index in [1.165, 1.54) is 37.2 Å². The highest BCUT2D eigenvalue weighted by molar-refractivity contribution is 7.92. The number of carbonyl (C=O) groups excluding carboxylic acids is 3. The van der Waals surface area contributed by atoms with E-state index in [0.717, 1.165) is 32.1 Å². The summed E-state index contributed by atoms with van der Waals surface area (Å²) >= 11 is 0. The molecule has 3 rings (SSSR count). The van der Waals surface area contributed by atoms with Crippen molar-refractivity contribution in [3.05, 3.63) is 72.1 Å². The van der Waals surface area contributed by atoms with Crippen molar-refractivity contribution < 1.29 is 37.0 Å². The summed E-state index contributed by atoms with van der Waals surface area (Å²) in [7, 11) is -2.76. The molecule has 1 heterocycles. The van der Waals surface area contributed by atoms with Crippen LogP contribution in [0.3, 0.4) is 0 Å². The molecule has 0 fully saturated rings. The van der Waals surface area contributed by atoms with Crippen molar-refractivity contribution in [2.45, 2.75) is 97.5 Å². The fourth-order valence-corrected chi connectivity index (χ4v) is 6.37. The van der Waals surface area contributed by atoms with E-state index in [1.807, 2.05) is 58.9 Å². The summed E-state index contributed by atoms with van der Waals surface area (Å²) in [5, 5.41) is 2.53. The lowest BCUT2D eigenvalue weighted by molar-refractivity contribution is -0.167. The molecule has 1 aromatic heterocycles. The highest BCUT2D eigenvalue weighted by atomic mass is 32.2. The lowest BCUT2D eigenvalue weighted by Gasteiger charge is -2.35. The molecule has 0 unspecified atom stereocenters. The molecule has 3 aromatic rings. The Morgan fingerprint density at radius 2 is 1.40 bits per heavy atom. The van der Waals surface area contributed by atoms with Crippen LogP contribution in [0, 0.1) is 10.8 Å². The van der Waals surface area contributed by atoms with E-state index in [1.54, 1.807) is 12.1 Å². The van der Waals surface area contributed by atoms with Crippen LogP contribution in [0.5, 0.6) is 11.5 Å². The summed E-state index contributed by atoms with van der Waals surface area (Å²) in [6.45, 7) is 14.1. The molecule has 0 spiro atoms. The number of methoxy groups -OCH3 is 1. The topological polar surface area (TPSA) is 163 Å². The van der Waals surface area contributed by atoms with Crippen LogP contribution in [0.4, 0.5) is 5.95 Å². The number of nitrogens with one attached hydrogen (secondary N) is 2. The van der Waals surface area contributed by atoms with Gasteiger partial charge in [0.25, 0.3) is 15.9 Å². The molecule has 2 N–H and O–H groups in total. The second-order valence-electron chi connectivity index (χ2n) is 14.6. The zero-order valence-electron chi connectivity index (χ0n) is 30.3. The van der Waals surface area contributed by atoms with Crippen molar-refractivity contribution in [1.29, 1.82) is 0 Å². The fraction of sp³-hybridized carbons (Fsp3) is 0.486. The van der Waals surface area contributed by atoms with Gasteiger partial charge in [0.2, 0.25) is 5.95 Å². The van der Waals surface area contributed by atoms with E-state index < -0.39 is 32.9 Å². The van der Waals surface area contributed by atoms with Crippen LogP contribution >= 0.6 is 0 Å². The summed E-state index contributed by atoms with van der Waals surface area (Å²) in [5.74, 6) is -0.252. The van der Waals surface area contributed by atoms with Gasteiger partial charge in [0, 0.05) is 18.9 Å². The number of anilines is 1. The van der Waals surface area contributed by atoms with Crippen LogP contribution in [0.25, 0.3) is 0 Å². The zero-order chi connectivity index (χ0) is 37.2. The van der Waals surface area contributed by atoms with Gasteiger partial charge in [0.05, 0.1) is 29.4 Å². The number of nitrogens with zero attached hydrogens (tertiary/aromatic N) is 2. The molecule has 0 aliphatic rings. The van der Waals surface area contributed by atoms with Crippen LogP contribution in [-0.4, -0.2) is 55.5 Å². The number of aromatic nitrogens is 2. The smallest absolute Gasteiger partial charge is 0.312 e. The predicted octanol–water partition coefficient (Wildman–Crippen LogP) is 6.86. The lowest BCUT2D eigenvalue weighted by Crippen LogP contribution is -2.36. The Bertz CT molecular complexity index is 1700. The summed E-state index contributed by atoms with van der Waals surface area (Å²) in [6, 6.07) is 13.7. The monoisotopic (exact) mass is 710 g/mol. The highest BCUT2D eigenvalue weighted by Gasteiger charge is 2.37. The van der Waals surface area contributed by atoms with E-state index in [9.17, 15) is 22.8 Å². The summed E-state index contributed by atoms with van der Waals surface area (Å²) in [4.78, 5) is 43.9. The highest BCUT2D eigenvalue weighted by Crippen LogP contribution is 2.39. The van der Waals surface area contributed by atoms with Crippen molar-refractivity contribution in [3.8, 4) is 11.5 Å². The van der Waals surface area contributed by atoms with Gasteiger partial charge in [-0.25, -0.2) is 23.1 Å². The summed E-state index contributed by atoms with van der Waals surface area (Å²) in [6.07, 6.45) is 7.09. The van der Waals surface area contributed by atoms with Crippen molar-refractivity contribution in [3.63, 3.8) is 0 Å². The number of esters is 2. The number of hydrogen-bond acceptors (Lipinski definition) is 10. The maximum absolute atomic E-state index is 12.9. The maximum Gasteiger partial charge on any atom is 0.312 e. The first-order chi connectivity index (χ1) is 23.3. The average molecular weight is 711 g/mol. The van der Waals surface area contributed by atoms with E-state index in [-0.39, 0.29) is 40.8 Å². The standard InChI is InChI=1S/C37H50N4O8S/c1-35(2,3)49-33(44)37(6,7)25-36(4,5)21-10-9-11-26-12-14-28(15-13-26)48-29-16-18-30(19-17-29)50(45,46)41-34-39-23-27(24-40-34)32(43)38-22-20-31(42)47-8/h12-19,23-24H,9-11,20-22,25H2,1-8H3,(H,38,43)(H,39,40,41). The molecule has 50 heavy (non-hydrogen) atoms. The largest absolute Gasteiger partial charge is 0.469 e. The molecule has 0 bridgehead atoms. The van der Waals surface area contributed by atoms with Gasteiger partial charge in [-0.05, 0) is 108 Å². The Morgan fingerprint density at radius 1 is 0.820 bits per heavy atom. The number of hydrogen-bond donors (Lipinski definition) is 2. The van der Waals surface area contributed by atoms with Crippen molar-refractivity contribution >= 4 is 33.8 Å². The number of ether oxygens (including phenoxy) is 3. The zero-order valence-corrected chi connectivity index (χ0v) is 31.1. The Kier molecular flexibility index (Phi) is 13.5. The average Bonchev–Trinajstić information content (AvgIpc) is 3.03. The molecular formula is C37H50N4O8S. The molecular weight excluding hydrogens is 660 g/mol. The van der Waals surface area contributed by atoms with Gasteiger partial charge in [0.1, 0.15) is 17.1 Å². The predicted molar refractivity (Wildman–Crippen MR) is 190 cm³/mol. The molecule has 0 saturated carbocycles. The van der Waals surface area contributed by atoms with E-state index in [2.05, 4.69) is 38.6 Å². The number of unbranched alkanes of at least 4 members (excludes halogenated alkanes) is 1. The first-order valence-electron chi connectivity index (χ1n) is 16.6.